The minimum atomic E-state index is -0.625. The molecule has 0 aromatic heterocycles. The van der Waals surface area contributed by atoms with Crippen LogP contribution in [0.25, 0.3) is 0 Å². The molecule has 0 spiro atoms. The first-order chi connectivity index (χ1) is 7.17. The Morgan fingerprint density at radius 3 is 2.53 bits per heavy atom. The number of halogens is 1. The number of carbonyl (C=O) groups is 1. The lowest BCUT2D eigenvalue weighted by Crippen LogP contribution is -2.22. The summed E-state index contributed by atoms with van der Waals surface area (Å²) in [5.74, 6) is 0.537. The minimum absolute atomic E-state index is 0.512. The molecule has 78 valence electrons. The zero-order valence-corrected chi connectivity index (χ0v) is 8.99. The van der Waals surface area contributed by atoms with Gasteiger partial charge in [0.15, 0.2) is 6.10 Å². The smallest absolute Gasteiger partial charge is 0.262 e. The molecule has 1 atom stereocenters. The lowest BCUT2D eigenvalue weighted by Gasteiger charge is -2.12. The largest absolute Gasteiger partial charge is 0.481 e. The van der Waals surface area contributed by atoms with Crippen molar-refractivity contribution in [3.63, 3.8) is 0 Å². The molecule has 0 saturated carbocycles. The molecular weight excluding hydrogens is 214 g/mol. The van der Waals surface area contributed by atoms with Crippen LogP contribution in [0.2, 0.25) is 0 Å². The average Bonchev–Trinajstić information content (AvgIpc) is 2.26. The van der Waals surface area contributed by atoms with Crippen molar-refractivity contribution in [2.75, 3.05) is 0 Å². The van der Waals surface area contributed by atoms with Crippen LogP contribution in [0, 0.1) is 11.3 Å². The summed E-state index contributed by atoms with van der Waals surface area (Å²) in [7, 11) is 0. The van der Waals surface area contributed by atoms with Crippen molar-refractivity contribution < 1.29 is 9.53 Å². The number of ether oxygens (including phenoxy) is 1. The third-order valence-electron chi connectivity index (χ3n) is 1.89. The Balaban J connectivity index is 2.72. The molecule has 0 heterocycles. The molecule has 3 nitrogen and oxygen atoms in total. The molecule has 0 N–H and O–H groups in total. The van der Waals surface area contributed by atoms with Gasteiger partial charge < -0.3 is 4.74 Å². The Bertz CT molecular complexity index is 381. The van der Waals surface area contributed by atoms with Crippen molar-refractivity contribution in [2.24, 2.45) is 0 Å². The highest BCUT2D eigenvalue weighted by Crippen LogP contribution is 2.15. The lowest BCUT2D eigenvalue weighted by molar-refractivity contribution is -0.117. The van der Waals surface area contributed by atoms with Crippen molar-refractivity contribution in [3.8, 4) is 11.8 Å². The predicted octanol–water partition coefficient (Wildman–Crippen LogP) is 2.48. The number of hydrogen-bond acceptors (Lipinski definition) is 3. The fourth-order valence-corrected chi connectivity index (χ4v) is 1.26. The molecule has 1 aromatic rings. The average molecular weight is 224 g/mol. The summed E-state index contributed by atoms with van der Waals surface area (Å²) in [4.78, 5) is 10.9. The van der Waals surface area contributed by atoms with E-state index >= 15 is 0 Å². The van der Waals surface area contributed by atoms with Crippen LogP contribution in [-0.2, 0) is 4.79 Å². The summed E-state index contributed by atoms with van der Waals surface area (Å²) in [6.45, 7) is 1.81. The Hall–Kier alpha value is -1.53. The van der Waals surface area contributed by atoms with E-state index in [4.69, 9.17) is 21.6 Å². The summed E-state index contributed by atoms with van der Waals surface area (Å²) in [6, 6.07) is 8.53. The van der Waals surface area contributed by atoms with Crippen LogP contribution in [0.4, 0.5) is 0 Å². The Morgan fingerprint density at radius 1 is 1.53 bits per heavy atom. The molecule has 0 saturated heterocycles. The number of nitriles is 1. The first-order valence-electron chi connectivity index (χ1n) is 4.53. The molecule has 0 bridgehead atoms. The SMILES string of the molecule is CCC(Oc1ccc(C#N)cc1)C(=O)Cl. The second kappa shape index (κ2) is 5.38. The van der Waals surface area contributed by atoms with E-state index in [1.165, 1.54) is 0 Å². The van der Waals surface area contributed by atoms with E-state index in [9.17, 15) is 4.79 Å². The second-order valence-electron chi connectivity index (χ2n) is 2.96. The van der Waals surface area contributed by atoms with E-state index in [1.54, 1.807) is 24.3 Å². The van der Waals surface area contributed by atoms with Crippen molar-refractivity contribution in [1.82, 2.24) is 0 Å². The molecule has 0 aliphatic carbocycles. The van der Waals surface area contributed by atoms with Gasteiger partial charge in [0.25, 0.3) is 5.24 Å². The highest BCUT2D eigenvalue weighted by atomic mass is 35.5. The van der Waals surface area contributed by atoms with Crippen molar-refractivity contribution in [2.45, 2.75) is 19.4 Å². The van der Waals surface area contributed by atoms with Crippen molar-refractivity contribution >= 4 is 16.8 Å². The van der Waals surface area contributed by atoms with Crippen LogP contribution < -0.4 is 4.74 Å². The first-order valence-corrected chi connectivity index (χ1v) is 4.91. The number of hydrogen-bond donors (Lipinski definition) is 0. The molecular formula is C11H10ClNO2. The van der Waals surface area contributed by atoms with Gasteiger partial charge >= 0.3 is 0 Å². The zero-order chi connectivity index (χ0) is 11.3. The van der Waals surface area contributed by atoms with E-state index in [1.807, 2.05) is 13.0 Å². The maximum atomic E-state index is 10.9. The summed E-state index contributed by atoms with van der Waals surface area (Å²) in [5.41, 5.74) is 0.549. The van der Waals surface area contributed by atoms with Crippen LogP contribution in [0.15, 0.2) is 24.3 Å². The number of rotatable bonds is 4. The van der Waals surface area contributed by atoms with Gasteiger partial charge in [-0.05, 0) is 42.3 Å². The molecule has 0 fully saturated rings. The Morgan fingerprint density at radius 2 is 2.13 bits per heavy atom. The molecule has 1 unspecified atom stereocenters. The number of nitrogens with zero attached hydrogens (tertiary/aromatic N) is 1. The fourth-order valence-electron chi connectivity index (χ4n) is 1.06. The zero-order valence-electron chi connectivity index (χ0n) is 8.24. The molecule has 0 aliphatic heterocycles. The number of carbonyl (C=O) groups excluding carboxylic acids is 1. The van der Waals surface area contributed by atoms with Gasteiger partial charge in [0.2, 0.25) is 0 Å². The van der Waals surface area contributed by atoms with Crippen LogP contribution in [0.1, 0.15) is 18.9 Å². The van der Waals surface area contributed by atoms with E-state index < -0.39 is 11.3 Å². The van der Waals surface area contributed by atoms with Crippen LogP contribution in [0.3, 0.4) is 0 Å². The van der Waals surface area contributed by atoms with Crippen LogP contribution in [-0.4, -0.2) is 11.3 Å². The predicted molar refractivity (Wildman–Crippen MR) is 56.7 cm³/mol. The normalized spacial score (nSPS) is 11.5. The van der Waals surface area contributed by atoms with E-state index in [0.29, 0.717) is 17.7 Å². The quantitative estimate of drug-likeness (QED) is 0.737. The maximum absolute atomic E-state index is 10.9. The van der Waals surface area contributed by atoms with Crippen LogP contribution >= 0.6 is 11.6 Å². The second-order valence-corrected chi connectivity index (χ2v) is 3.33. The summed E-state index contributed by atoms with van der Waals surface area (Å²) in [5, 5.41) is 8.07. The first kappa shape index (κ1) is 11.5. The van der Waals surface area contributed by atoms with Gasteiger partial charge in [-0.1, -0.05) is 6.92 Å². The van der Waals surface area contributed by atoms with Gasteiger partial charge in [-0.15, -0.1) is 0 Å². The summed E-state index contributed by atoms with van der Waals surface area (Å²) in [6.07, 6.45) is -0.109. The highest BCUT2D eigenvalue weighted by Gasteiger charge is 2.15. The topological polar surface area (TPSA) is 50.1 Å². The highest BCUT2D eigenvalue weighted by molar-refractivity contribution is 6.64. The number of benzene rings is 1. The minimum Gasteiger partial charge on any atom is -0.481 e. The maximum Gasteiger partial charge on any atom is 0.262 e. The molecule has 1 rings (SSSR count). The van der Waals surface area contributed by atoms with Gasteiger partial charge in [0.05, 0.1) is 11.6 Å². The summed E-state index contributed by atoms with van der Waals surface area (Å²) < 4.78 is 5.33. The van der Waals surface area contributed by atoms with E-state index in [2.05, 4.69) is 0 Å². The molecule has 0 radical (unpaired) electrons. The monoisotopic (exact) mass is 223 g/mol. The van der Waals surface area contributed by atoms with Gasteiger partial charge in [0.1, 0.15) is 5.75 Å². The van der Waals surface area contributed by atoms with Gasteiger partial charge in [-0.2, -0.15) is 5.26 Å². The lowest BCUT2D eigenvalue weighted by atomic mass is 10.2. The Kier molecular flexibility index (Phi) is 4.14. The fraction of sp³-hybridized carbons (Fsp3) is 0.273. The van der Waals surface area contributed by atoms with Crippen LogP contribution in [0.5, 0.6) is 5.75 Å². The molecule has 1 aromatic carbocycles. The Labute approximate surface area is 93.2 Å². The molecule has 4 heteroatoms. The van der Waals surface area contributed by atoms with Crippen molar-refractivity contribution in [1.29, 1.82) is 5.26 Å². The third-order valence-corrected chi connectivity index (χ3v) is 2.13. The van der Waals surface area contributed by atoms with Gasteiger partial charge in [0, 0.05) is 0 Å². The van der Waals surface area contributed by atoms with Crippen molar-refractivity contribution in [3.05, 3.63) is 29.8 Å². The standard InChI is InChI=1S/C11H10ClNO2/c1-2-10(11(12)14)15-9-5-3-8(7-13)4-6-9/h3-6,10H,2H2,1H3. The van der Waals surface area contributed by atoms with Gasteiger partial charge in [-0.25, -0.2) is 0 Å². The molecule has 0 amide bonds. The van der Waals surface area contributed by atoms with E-state index in [0.717, 1.165) is 0 Å². The molecule has 0 aliphatic rings. The summed E-state index contributed by atoms with van der Waals surface area (Å²) >= 11 is 5.34. The third kappa shape index (κ3) is 3.26. The molecule has 15 heavy (non-hydrogen) atoms. The van der Waals surface area contributed by atoms with Gasteiger partial charge in [-0.3, -0.25) is 4.79 Å². The van der Waals surface area contributed by atoms with E-state index in [-0.39, 0.29) is 0 Å².